The summed E-state index contributed by atoms with van der Waals surface area (Å²) >= 11 is 3.65. The number of hydrogen-bond acceptors (Lipinski definition) is 6. The van der Waals surface area contributed by atoms with Crippen molar-refractivity contribution in [3.05, 3.63) is 21.2 Å². The van der Waals surface area contributed by atoms with Crippen LogP contribution in [0, 0.1) is 6.92 Å². The van der Waals surface area contributed by atoms with Gasteiger partial charge in [-0.1, -0.05) is 36.7 Å². The highest BCUT2D eigenvalue weighted by Crippen LogP contribution is 2.47. The molecule has 29 heavy (non-hydrogen) atoms. The van der Waals surface area contributed by atoms with Crippen molar-refractivity contribution in [1.82, 2.24) is 5.32 Å². The topological polar surface area (TPSA) is 77.0 Å². The predicted octanol–water partition coefficient (Wildman–Crippen LogP) is 4.61. The van der Waals surface area contributed by atoms with E-state index in [0.29, 0.717) is 24.3 Å². The molecule has 0 aromatic heterocycles. The van der Waals surface area contributed by atoms with E-state index in [-0.39, 0.29) is 23.4 Å². The van der Waals surface area contributed by atoms with Gasteiger partial charge in [0.2, 0.25) is 0 Å². The van der Waals surface area contributed by atoms with Crippen LogP contribution in [0.25, 0.3) is 0 Å². The molecule has 1 aliphatic heterocycles. The van der Waals surface area contributed by atoms with Gasteiger partial charge in [-0.3, -0.25) is 5.32 Å². The molecule has 6 nitrogen and oxygen atoms in total. The molecule has 1 aromatic rings. The molecule has 0 saturated carbocycles. The third-order valence-corrected chi connectivity index (χ3v) is 11.6. The normalized spacial score (nSPS) is 19.6. The van der Waals surface area contributed by atoms with Crippen LogP contribution in [0.5, 0.6) is 11.5 Å². The lowest BCUT2D eigenvalue weighted by Gasteiger charge is -2.39. The number of aromatic hydroxyl groups is 1. The fourth-order valence-corrected chi connectivity index (χ4v) is 4.92. The van der Waals surface area contributed by atoms with E-state index >= 15 is 0 Å². The van der Waals surface area contributed by atoms with Crippen LogP contribution in [0.3, 0.4) is 0 Å². The number of phenols is 1. The molecule has 2 rings (SSSR count). The third kappa shape index (κ3) is 4.81. The molecular weight excluding hydrogens is 454 g/mol. The Balaban J connectivity index is 2.44. The van der Waals surface area contributed by atoms with Gasteiger partial charge in [-0.15, -0.1) is 0 Å². The number of halogens is 1. The zero-order chi connectivity index (χ0) is 22.1. The standard InChI is InChI=1S/C21H34BrNO5Si/c1-9-27-20(25)17-15-14(16(22)12(2)19(26-6)18(15)24)10-13(23-17)11-28-29(7,8)21(3,4)5/h13,17,23-24H,9-11H2,1-8H3/t13-,17-/m0/s1. The number of esters is 1. The lowest BCUT2D eigenvalue weighted by molar-refractivity contribution is -0.146. The average Bonchev–Trinajstić information content (AvgIpc) is 2.63. The van der Waals surface area contributed by atoms with Crippen LogP contribution in [-0.4, -0.2) is 45.8 Å². The molecule has 2 atom stereocenters. The van der Waals surface area contributed by atoms with Gasteiger partial charge < -0.3 is 19.0 Å². The molecule has 1 aromatic carbocycles. The number of ether oxygens (including phenoxy) is 2. The summed E-state index contributed by atoms with van der Waals surface area (Å²) in [5, 5.41) is 14.3. The van der Waals surface area contributed by atoms with E-state index in [1.807, 2.05) is 6.92 Å². The fraction of sp³-hybridized carbons (Fsp3) is 0.667. The summed E-state index contributed by atoms with van der Waals surface area (Å²) < 4.78 is 17.9. The summed E-state index contributed by atoms with van der Waals surface area (Å²) in [6, 6.07) is -0.855. The molecule has 0 radical (unpaired) electrons. The van der Waals surface area contributed by atoms with Crippen LogP contribution >= 0.6 is 15.9 Å². The second-order valence-electron chi connectivity index (χ2n) is 9.04. The maximum absolute atomic E-state index is 12.7. The summed E-state index contributed by atoms with van der Waals surface area (Å²) in [6.45, 7) is 15.4. The quantitative estimate of drug-likeness (QED) is 0.450. The van der Waals surface area contributed by atoms with Crippen molar-refractivity contribution in [1.29, 1.82) is 0 Å². The van der Waals surface area contributed by atoms with Crippen molar-refractivity contribution >= 4 is 30.2 Å². The van der Waals surface area contributed by atoms with E-state index in [2.05, 4.69) is 55.1 Å². The highest BCUT2D eigenvalue weighted by Gasteiger charge is 2.41. The van der Waals surface area contributed by atoms with Crippen molar-refractivity contribution in [3.8, 4) is 11.5 Å². The number of methoxy groups -OCH3 is 1. The van der Waals surface area contributed by atoms with Gasteiger partial charge in [0.05, 0.1) is 13.7 Å². The number of carbonyl (C=O) groups is 1. The Morgan fingerprint density at radius 3 is 2.48 bits per heavy atom. The summed E-state index contributed by atoms with van der Waals surface area (Å²) in [6.07, 6.45) is 0.624. The first-order valence-electron chi connectivity index (χ1n) is 10.00. The predicted molar refractivity (Wildman–Crippen MR) is 120 cm³/mol. The van der Waals surface area contributed by atoms with Gasteiger partial charge in [-0.2, -0.15) is 0 Å². The zero-order valence-corrected chi connectivity index (χ0v) is 21.3. The van der Waals surface area contributed by atoms with E-state index in [4.69, 9.17) is 13.9 Å². The largest absolute Gasteiger partial charge is 0.504 e. The summed E-state index contributed by atoms with van der Waals surface area (Å²) in [7, 11) is -0.426. The smallest absolute Gasteiger partial charge is 0.327 e. The number of benzene rings is 1. The summed E-state index contributed by atoms with van der Waals surface area (Å²) in [5.41, 5.74) is 2.21. The Morgan fingerprint density at radius 2 is 1.97 bits per heavy atom. The van der Waals surface area contributed by atoms with Crippen molar-refractivity contribution in [2.75, 3.05) is 20.3 Å². The van der Waals surface area contributed by atoms with Crippen LogP contribution in [0.2, 0.25) is 18.1 Å². The Kier molecular flexibility index (Phi) is 7.47. The molecule has 2 N–H and O–H groups in total. The maximum atomic E-state index is 12.7. The van der Waals surface area contributed by atoms with Crippen LogP contribution in [0.4, 0.5) is 0 Å². The van der Waals surface area contributed by atoms with E-state index < -0.39 is 20.3 Å². The molecule has 0 bridgehead atoms. The zero-order valence-electron chi connectivity index (χ0n) is 18.7. The lowest BCUT2D eigenvalue weighted by atomic mass is 9.87. The van der Waals surface area contributed by atoms with Gasteiger partial charge in [0.25, 0.3) is 0 Å². The first-order chi connectivity index (χ1) is 13.4. The van der Waals surface area contributed by atoms with Gasteiger partial charge in [-0.25, -0.2) is 4.79 Å². The Morgan fingerprint density at radius 1 is 1.34 bits per heavy atom. The van der Waals surface area contributed by atoms with E-state index in [1.165, 1.54) is 7.11 Å². The molecule has 1 heterocycles. The van der Waals surface area contributed by atoms with Crippen molar-refractivity contribution < 1.29 is 23.8 Å². The SMILES string of the molecule is CCOC(=O)[C@H]1N[C@H](CO[Si](C)(C)C(C)(C)C)Cc2c(Br)c(C)c(OC)c(O)c21. The number of carbonyl (C=O) groups excluding carboxylic acids is 1. The maximum Gasteiger partial charge on any atom is 0.327 e. The minimum Gasteiger partial charge on any atom is -0.504 e. The Bertz CT molecular complexity index is 776. The van der Waals surface area contributed by atoms with Crippen LogP contribution < -0.4 is 10.1 Å². The van der Waals surface area contributed by atoms with Crippen molar-refractivity contribution in [3.63, 3.8) is 0 Å². The first kappa shape index (κ1) is 24.2. The van der Waals surface area contributed by atoms with Gasteiger partial charge in [-0.05, 0) is 44.0 Å². The highest BCUT2D eigenvalue weighted by atomic mass is 79.9. The molecule has 164 valence electrons. The monoisotopic (exact) mass is 487 g/mol. The second-order valence-corrected chi connectivity index (χ2v) is 14.6. The van der Waals surface area contributed by atoms with Crippen molar-refractivity contribution in [2.45, 2.75) is 71.3 Å². The molecule has 0 fully saturated rings. The van der Waals surface area contributed by atoms with Gasteiger partial charge in [0.1, 0.15) is 6.04 Å². The molecule has 0 aliphatic carbocycles. The molecule has 1 aliphatic rings. The molecular formula is C21H34BrNO5Si. The summed E-state index contributed by atoms with van der Waals surface area (Å²) in [5.74, 6) is -0.0703. The molecule has 8 heteroatoms. The number of nitrogens with one attached hydrogen (secondary N) is 1. The number of phenolic OH excluding ortho intramolecular Hbond substituents is 1. The Labute approximate surface area is 183 Å². The lowest BCUT2D eigenvalue weighted by Crippen LogP contribution is -2.49. The second kappa shape index (κ2) is 8.96. The molecule has 0 saturated heterocycles. The van der Waals surface area contributed by atoms with Crippen molar-refractivity contribution in [2.24, 2.45) is 0 Å². The van der Waals surface area contributed by atoms with Crippen LogP contribution in [-0.2, 0) is 20.4 Å². The highest BCUT2D eigenvalue weighted by molar-refractivity contribution is 9.10. The van der Waals surface area contributed by atoms with Crippen LogP contribution in [0.15, 0.2) is 4.47 Å². The molecule has 0 amide bonds. The van der Waals surface area contributed by atoms with Crippen LogP contribution in [0.1, 0.15) is 50.4 Å². The van der Waals surface area contributed by atoms with Gasteiger partial charge in [0.15, 0.2) is 19.8 Å². The van der Waals surface area contributed by atoms with E-state index in [0.717, 1.165) is 15.6 Å². The minimum absolute atomic E-state index is 0.0162. The molecule has 0 spiro atoms. The van der Waals surface area contributed by atoms with Gasteiger partial charge >= 0.3 is 5.97 Å². The minimum atomic E-state index is -1.93. The fourth-order valence-electron chi connectivity index (χ4n) is 3.32. The Hall–Kier alpha value is -1.09. The number of rotatable bonds is 6. The van der Waals surface area contributed by atoms with E-state index in [1.54, 1.807) is 6.92 Å². The molecule has 0 unspecified atom stereocenters. The average molecular weight is 488 g/mol. The van der Waals surface area contributed by atoms with Gasteiger partial charge in [0, 0.05) is 28.2 Å². The third-order valence-electron chi connectivity index (χ3n) is 6.05. The number of hydrogen-bond donors (Lipinski definition) is 2. The number of fused-ring (bicyclic) bond motifs is 1. The first-order valence-corrected chi connectivity index (χ1v) is 13.7. The van der Waals surface area contributed by atoms with E-state index in [9.17, 15) is 9.90 Å². The summed E-state index contributed by atoms with van der Waals surface area (Å²) in [4.78, 5) is 12.7.